The Morgan fingerprint density at radius 1 is 1.31 bits per heavy atom. The van der Waals surface area contributed by atoms with Crippen molar-refractivity contribution in [1.82, 2.24) is 5.32 Å². The van der Waals surface area contributed by atoms with Crippen LogP contribution >= 0.6 is 0 Å². The molecule has 0 bridgehead atoms. The molecule has 1 fully saturated rings. The van der Waals surface area contributed by atoms with Gasteiger partial charge in [-0.15, -0.1) is 0 Å². The highest BCUT2D eigenvalue weighted by Crippen LogP contribution is 2.19. The van der Waals surface area contributed by atoms with Gasteiger partial charge in [0.15, 0.2) is 0 Å². The third-order valence-corrected chi connectivity index (χ3v) is 3.02. The number of methoxy groups -OCH3 is 1. The SMILES string of the molecule is COCc1ccccc1NC1CCNCC1. The summed E-state index contributed by atoms with van der Waals surface area (Å²) in [5.74, 6) is 0. The lowest BCUT2D eigenvalue weighted by Crippen LogP contribution is -2.35. The summed E-state index contributed by atoms with van der Waals surface area (Å²) in [5.41, 5.74) is 2.46. The Morgan fingerprint density at radius 2 is 2.06 bits per heavy atom. The maximum atomic E-state index is 5.21. The van der Waals surface area contributed by atoms with Crippen LogP contribution in [0, 0.1) is 0 Å². The number of ether oxygens (including phenoxy) is 1. The zero-order chi connectivity index (χ0) is 11.2. The summed E-state index contributed by atoms with van der Waals surface area (Å²) < 4.78 is 5.21. The van der Waals surface area contributed by atoms with E-state index < -0.39 is 0 Å². The Kier molecular flexibility index (Phi) is 4.19. The Labute approximate surface area is 97.2 Å². The summed E-state index contributed by atoms with van der Waals surface area (Å²) in [6, 6.07) is 8.98. The van der Waals surface area contributed by atoms with Crippen LogP contribution in [-0.4, -0.2) is 26.2 Å². The lowest BCUT2D eigenvalue weighted by atomic mass is 10.1. The van der Waals surface area contributed by atoms with Crippen LogP contribution in [0.1, 0.15) is 18.4 Å². The van der Waals surface area contributed by atoms with Crippen molar-refractivity contribution in [2.45, 2.75) is 25.5 Å². The van der Waals surface area contributed by atoms with Gasteiger partial charge in [-0.05, 0) is 32.0 Å². The largest absolute Gasteiger partial charge is 0.382 e. The Balaban J connectivity index is 2.01. The van der Waals surface area contributed by atoms with Crippen LogP contribution in [0.5, 0.6) is 0 Å². The number of hydrogen-bond donors (Lipinski definition) is 2. The molecule has 2 rings (SSSR count). The fourth-order valence-electron chi connectivity index (χ4n) is 2.13. The van der Waals surface area contributed by atoms with Gasteiger partial charge in [0.05, 0.1) is 6.61 Å². The molecular formula is C13H20N2O. The van der Waals surface area contributed by atoms with Gasteiger partial charge in [-0.3, -0.25) is 0 Å². The monoisotopic (exact) mass is 220 g/mol. The summed E-state index contributed by atoms with van der Waals surface area (Å²) in [4.78, 5) is 0. The van der Waals surface area contributed by atoms with E-state index in [1.54, 1.807) is 7.11 Å². The summed E-state index contributed by atoms with van der Waals surface area (Å²) in [5, 5.41) is 6.99. The van der Waals surface area contributed by atoms with E-state index in [1.165, 1.54) is 24.1 Å². The number of anilines is 1. The second-order valence-corrected chi connectivity index (χ2v) is 4.26. The number of para-hydroxylation sites is 1. The topological polar surface area (TPSA) is 33.3 Å². The van der Waals surface area contributed by atoms with Crippen molar-refractivity contribution in [1.29, 1.82) is 0 Å². The highest BCUT2D eigenvalue weighted by molar-refractivity contribution is 5.51. The maximum absolute atomic E-state index is 5.21. The molecule has 0 saturated carbocycles. The molecule has 0 unspecified atom stereocenters. The smallest absolute Gasteiger partial charge is 0.0733 e. The van der Waals surface area contributed by atoms with E-state index in [-0.39, 0.29) is 0 Å². The first-order chi connectivity index (χ1) is 7.90. The Bertz CT molecular complexity index is 321. The van der Waals surface area contributed by atoms with Crippen molar-refractivity contribution in [2.75, 3.05) is 25.5 Å². The normalized spacial score (nSPS) is 17.3. The minimum absolute atomic E-state index is 0.597. The number of hydrogen-bond acceptors (Lipinski definition) is 3. The first kappa shape index (κ1) is 11.4. The van der Waals surface area contributed by atoms with Gasteiger partial charge in [0.1, 0.15) is 0 Å². The molecule has 0 atom stereocenters. The quantitative estimate of drug-likeness (QED) is 0.814. The lowest BCUT2D eigenvalue weighted by molar-refractivity contribution is 0.185. The first-order valence-electron chi connectivity index (χ1n) is 5.94. The average molecular weight is 220 g/mol. The fraction of sp³-hybridized carbons (Fsp3) is 0.538. The third kappa shape index (κ3) is 2.97. The second kappa shape index (κ2) is 5.87. The Morgan fingerprint density at radius 3 is 2.81 bits per heavy atom. The molecule has 0 aliphatic carbocycles. The van der Waals surface area contributed by atoms with Crippen LogP contribution in [0.2, 0.25) is 0 Å². The molecule has 2 N–H and O–H groups in total. The predicted octanol–water partition coefficient (Wildman–Crippen LogP) is 2.00. The van der Waals surface area contributed by atoms with E-state index in [1.807, 2.05) is 0 Å². The summed E-state index contributed by atoms with van der Waals surface area (Å²) in [6.45, 7) is 2.91. The highest BCUT2D eigenvalue weighted by atomic mass is 16.5. The van der Waals surface area contributed by atoms with E-state index >= 15 is 0 Å². The van der Waals surface area contributed by atoms with Gasteiger partial charge in [-0.1, -0.05) is 18.2 Å². The van der Waals surface area contributed by atoms with Crippen molar-refractivity contribution in [3.05, 3.63) is 29.8 Å². The lowest BCUT2D eigenvalue weighted by Gasteiger charge is -2.25. The van der Waals surface area contributed by atoms with Crippen molar-refractivity contribution >= 4 is 5.69 Å². The van der Waals surface area contributed by atoms with Gasteiger partial charge in [0.2, 0.25) is 0 Å². The van der Waals surface area contributed by atoms with E-state index in [0.717, 1.165) is 13.1 Å². The van der Waals surface area contributed by atoms with Gasteiger partial charge in [-0.2, -0.15) is 0 Å². The van der Waals surface area contributed by atoms with Crippen LogP contribution in [0.3, 0.4) is 0 Å². The van der Waals surface area contributed by atoms with Gasteiger partial charge in [-0.25, -0.2) is 0 Å². The number of rotatable bonds is 4. The van der Waals surface area contributed by atoms with Crippen molar-refractivity contribution in [3.63, 3.8) is 0 Å². The van der Waals surface area contributed by atoms with Gasteiger partial charge < -0.3 is 15.4 Å². The molecular weight excluding hydrogens is 200 g/mol. The molecule has 1 aromatic carbocycles. The standard InChI is InChI=1S/C13H20N2O/c1-16-10-11-4-2-3-5-13(11)15-12-6-8-14-9-7-12/h2-5,12,14-15H,6-10H2,1H3. The van der Waals surface area contributed by atoms with Crippen LogP contribution < -0.4 is 10.6 Å². The number of piperidine rings is 1. The van der Waals surface area contributed by atoms with E-state index in [9.17, 15) is 0 Å². The van der Waals surface area contributed by atoms with Crippen LogP contribution in [0.15, 0.2) is 24.3 Å². The molecule has 88 valence electrons. The molecule has 1 aromatic rings. The predicted molar refractivity (Wildman–Crippen MR) is 66.7 cm³/mol. The van der Waals surface area contributed by atoms with Crippen LogP contribution in [0.4, 0.5) is 5.69 Å². The number of nitrogens with one attached hydrogen (secondary N) is 2. The van der Waals surface area contributed by atoms with Gasteiger partial charge >= 0.3 is 0 Å². The summed E-state index contributed by atoms with van der Waals surface area (Å²) >= 11 is 0. The fourth-order valence-corrected chi connectivity index (χ4v) is 2.13. The molecule has 3 heteroatoms. The summed E-state index contributed by atoms with van der Waals surface area (Å²) in [7, 11) is 1.74. The molecule has 3 nitrogen and oxygen atoms in total. The van der Waals surface area contributed by atoms with Gasteiger partial charge in [0.25, 0.3) is 0 Å². The molecule has 1 aliphatic rings. The third-order valence-electron chi connectivity index (χ3n) is 3.02. The van der Waals surface area contributed by atoms with E-state index in [0.29, 0.717) is 12.6 Å². The minimum atomic E-state index is 0.597. The summed E-state index contributed by atoms with van der Waals surface area (Å²) in [6.07, 6.45) is 2.39. The molecule has 0 spiro atoms. The van der Waals surface area contributed by atoms with Gasteiger partial charge in [0, 0.05) is 24.4 Å². The average Bonchev–Trinajstić information content (AvgIpc) is 2.33. The minimum Gasteiger partial charge on any atom is -0.382 e. The molecule has 16 heavy (non-hydrogen) atoms. The molecule has 1 aliphatic heterocycles. The zero-order valence-electron chi connectivity index (χ0n) is 9.83. The second-order valence-electron chi connectivity index (χ2n) is 4.26. The van der Waals surface area contributed by atoms with E-state index in [2.05, 4.69) is 34.9 Å². The molecule has 1 saturated heterocycles. The Hall–Kier alpha value is -1.06. The van der Waals surface area contributed by atoms with Crippen molar-refractivity contribution in [3.8, 4) is 0 Å². The first-order valence-corrected chi connectivity index (χ1v) is 5.94. The van der Waals surface area contributed by atoms with Crippen LogP contribution in [0.25, 0.3) is 0 Å². The van der Waals surface area contributed by atoms with E-state index in [4.69, 9.17) is 4.74 Å². The van der Waals surface area contributed by atoms with Crippen LogP contribution in [-0.2, 0) is 11.3 Å². The molecule has 1 heterocycles. The molecule has 0 aromatic heterocycles. The number of benzene rings is 1. The molecule has 0 radical (unpaired) electrons. The highest BCUT2D eigenvalue weighted by Gasteiger charge is 2.13. The molecule has 0 amide bonds. The maximum Gasteiger partial charge on any atom is 0.0733 e. The van der Waals surface area contributed by atoms with Crippen molar-refractivity contribution in [2.24, 2.45) is 0 Å². The zero-order valence-corrected chi connectivity index (χ0v) is 9.83. The van der Waals surface area contributed by atoms with Crippen molar-refractivity contribution < 1.29 is 4.74 Å².